The lowest BCUT2D eigenvalue weighted by atomic mass is 10.0. The maximum Gasteiger partial charge on any atom is 0.305 e. The predicted octanol–water partition coefficient (Wildman–Crippen LogP) is 3.12. The van der Waals surface area contributed by atoms with Gasteiger partial charge >= 0.3 is 5.97 Å². The second kappa shape index (κ2) is 5.03. The number of nitrogens with two attached hydrogens (primary N) is 1. The number of carbonyl (C=O) groups is 1. The van der Waals surface area contributed by atoms with Gasteiger partial charge in [0.2, 0.25) is 0 Å². The molecule has 1 aromatic rings. The second-order valence-corrected chi connectivity index (χ2v) is 4.22. The molecule has 3 nitrogen and oxygen atoms in total. The molecule has 1 unspecified atom stereocenters. The van der Waals surface area contributed by atoms with E-state index >= 15 is 0 Å². The van der Waals surface area contributed by atoms with Gasteiger partial charge in [0.25, 0.3) is 0 Å². The minimum absolute atomic E-state index is 0.226. The Kier molecular flexibility index (Phi) is 4.22. The molecule has 0 heterocycles. The predicted molar refractivity (Wildman–Crippen MR) is 60.7 cm³/mol. The third-order valence-corrected chi connectivity index (χ3v) is 2.85. The lowest BCUT2D eigenvalue weighted by Crippen LogP contribution is -2.15. The van der Waals surface area contributed by atoms with E-state index in [2.05, 4.69) is 0 Å². The highest BCUT2D eigenvalue weighted by Crippen LogP contribution is 2.33. The van der Waals surface area contributed by atoms with Crippen LogP contribution in [0.25, 0.3) is 0 Å². The van der Waals surface area contributed by atoms with Gasteiger partial charge in [-0.2, -0.15) is 0 Å². The van der Waals surface area contributed by atoms with Gasteiger partial charge in [-0.15, -0.1) is 0 Å². The molecule has 0 aliphatic heterocycles. The van der Waals surface area contributed by atoms with Crippen molar-refractivity contribution in [3.05, 3.63) is 32.8 Å². The normalized spacial score (nSPS) is 12.5. The fraction of sp³-hybridized carbons (Fsp3) is 0.222. The number of carboxylic acid groups (broad SMARTS) is 1. The van der Waals surface area contributed by atoms with Crippen molar-refractivity contribution in [1.29, 1.82) is 0 Å². The highest BCUT2D eigenvalue weighted by molar-refractivity contribution is 6.43. The number of halogens is 3. The van der Waals surface area contributed by atoms with Crippen molar-refractivity contribution in [1.82, 2.24) is 0 Å². The Morgan fingerprint density at radius 2 is 2.00 bits per heavy atom. The van der Waals surface area contributed by atoms with E-state index in [1.807, 2.05) is 0 Å². The van der Waals surface area contributed by atoms with Gasteiger partial charge in [-0.1, -0.05) is 34.8 Å². The zero-order chi connectivity index (χ0) is 11.6. The minimum Gasteiger partial charge on any atom is -0.481 e. The average Bonchev–Trinajstić information content (AvgIpc) is 2.09. The van der Waals surface area contributed by atoms with E-state index in [0.29, 0.717) is 10.6 Å². The summed E-state index contributed by atoms with van der Waals surface area (Å²) in [5, 5.41) is 9.47. The van der Waals surface area contributed by atoms with Crippen molar-refractivity contribution in [3.8, 4) is 0 Å². The van der Waals surface area contributed by atoms with Crippen molar-refractivity contribution < 1.29 is 9.90 Å². The summed E-state index contributed by atoms with van der Waals surface area (Å²) < 4.78 is 0. The second-order valence-electron chi connectivity index (χ2n) is 3.00. The molecule has 0 fully saturated rings. The summed E-state index contributed by atoms with van der Waals surface area (Å²) >= 11 is 17.4. The molecule has 0 aromatic heterocycles. The smallest absolute Gasteiger partial charge is 0.305 e. The molecule has 1 aromatic carbocycles. The van der Waals surface area contributed by atoms with Gasteiger partial charge in [0.05, 0.1) is 16.5 Å². The zero-order valence-electron chi connectivity index (χ0n) is 7.51. The fourth-order valence-corrected chi connectivity index (χ4v) is 1.90. The number of hydrogen-bond acceptors (Lipinski definition) is 2. The van der Waals surface area contributed by atoms with Gasteiger partial charge in [-0.3, -0.25) is 4.79 Å². The third-order valence-electron chi connectivity index (χ3n) is 1.82. The third kappa shape index (κ3) is 3.24. The van der Waals surface area contributed by atoms with Gasteiger partial charge in [-0.05, 0) is 17.7 Å². The Morgan fingerprint density at radius 3 is 2.53 bits per heavy atom. The fourth-order valence-electron chi connectivity index (χ4n) is 1.14. The van der Waals surface area contributed by atoms with Crippen LogP contribution in [0.2, 0.25) is 15.1 Å². The molecule has 15 heavy (non-hydrogen) atoms. The summed E-state index contributed by atoms with van der Waals surface area (Å²) in [6, 6.07) is 2.28. The van der Waals surface area contributed by atoms with Crippen LogP contribution in [0.5, 0.6) is 0 Å². The first-order valence-electron chi connectivity index (χ1n) is 4.03. The van der Waals surface area contributed by atoms with E-state index in [1.54, 1.807) is 0 Å². The molecule has 1 rings (SSSR count). The molecule has 0 radical (unpaired) electrons. The van der Waals surface area contributed by atoms with Gasteiger partial charge in [0, 0.05) is 11.1 Å². The molecule has 1 atom stereocenters. The summed E-state index contributed by atoms with van der Waals surface area (Å²) in [6.07, 6.45) is -0.226. The standard InChI is InChI=1S/C9H8Cl3NO2/c10-4-1-5(7(13)3-8(14)15)9(12)6(11)2-4/h1-2,7H,3,13H2,(H,14,15). The molecule has 0 saturated heterocycles. The molecule has 0 spiro atoms. The maximum atomic E-state index is 10.5. The monoisotopic (exact) mass is 267 g/mol. The topological polar surface area (TPSA) is 63.3 Å². The minimum atomic E-state index is -1.00. The first kappa shape index (κ1) is 12.6. The van der Waals surface area contributed by atoms with Crippen LogP contribution in [0.4, 0.5) is 0 Å². The van der Waals surface area contributed by atoms with Crippen LogP contribution in [-0.4, -0.2) is 11.1 Å². The van der Waals surface area contributed by atoms with Crippen molar-refractivity contribution in [2.75, 3.05) is 0 Å². The highest BCUT2D eigenvalue weighted by Gasteiger charge is 2.16. The van der Waals surface area contributed by atoms with Crippen LogP contribution < -0.4 is 5.73 Å². The SMILES string of the molecule is NC(CC(=O)O)c1cc(Cl)cc(Cl)c1Cl. The van der Waals surface area contributed by atoms with E-state index in [-0.39, 0.29) is 16.5 Å². The lowest BCUT2D eigenvalue weighted by molar-refractivity contribution is -0.137. The lowest BCUT2D eigenvalue weighted by Gasteiger charge is -2.12. The van der Waals surface area contributed by atoms with E-state index < -0.39 is 12.0 Å². The van der Waals surface area contributed by atoms with E-state index in [0.717, 1.165) is 0 Å². The Balaban J connectivity index is 3.07. The van der Waals surface area contributed by atoms with E-state index in [9.17, 15) is 4.79 Å². The summed E-state index contributed by atoms with van der Waals surface area (Å²) in [4.78, 5) is 10.5. The van der Waals surface area contributed by atoms with Crippen molar-refractivity contribution >= 4 is 40.8 Å². The van der Waals surface area contributed by atoms with Crippen LogP contribution in [0.3, 0.4) is 0 Å². The summed E-state index contributed by atoms with van der Waals surface area (Å²) in [5.41, 5.74) is 6.09. The Hall–Kier alpha value is -0.480. The molecular weight excluding hydrogens is 260 g/mol. The van der Waals surface area contributed by atoms with Crippen LogP contribution in [0, 0.1) is 0 Å². The maximum absolute atomic E-state index is 10.5. The summed E-state index contributed by atoms with van der Waals surface area (Å²) in [7, 11) is 0. The first-order chi connectivity index (χ1) is 6.91. The van der Waals surface area contributed by atoms with Crippen LogP contribution in [-0.2, 0) is 4.79 Å². The van der Waals surface area contributed by atoms with Crippen molar-refractivity contribution in [2.45, 2.75) is 12.5 Å². The Labute approximate surface area is 102 Å². The molecule has 0 amide bonds. The van der Waals surface area contributed by atoms with Gasteiger partial charge < -0.3 is 10.8 Å². The van der Waals surface area contributed by atoms with Crippen LogP contribution in [0.15, 0.2) is 12.1 Å². The van der Waals surface area contributed by atoms with Gasteiger partial charge in [0.1, 0.15) is 0 Å². The average molecular weight is 269 g/mol. The number of benzene rings is 1. The molecule has 0 saturated carbocycles. The number of carboxylic acids is 1. The number of rotatable bonds is 3. The number of aliphatic carboxylic acids is 1. The number of hydrogen-bond donors (Lipinski definition) is 2. The first-order valence-corrected chi connectivity index (χ1v) is 5.17. The van der Waals surface area contributed by atoms with E-state index in [4.69, 9.17) is 45.6 Å². The van der Waals surface area contributed by atoms with Crippen LogP contribution >= 0.6 is 34.8 Å². The molecular formula is C9H8Cl3NO2. The zero-order valence-corrected chi connectivity index (χ0v) is 9.77. The molecule has 82 valence electrons. The molecule has 3 N–H and O–H groups in total. The van der Waals surface area contributed by atoms with Gasteiger partial charge in [-0.25, -0.2) is 0 Å². The largest absolute Gasteiger partial charge is 0.481 e. The Morgan fingerprint density at radius 1 is 1.40 bits per heavy atom. The summed E-state index contributed by atoms with van der Waals surface area (Å²) in [6.45, 7) is 0. The summed E-state index contributed by atoms with van der Waals surface area (Å²) in [5.74, 6) is -1.00. The molecule has 0 aliphatic rings. The van der Waals surface area contributed by atoms with Crippen LogP contribution in [0.1, 0.15) is 18.0 Å². The molecule has 6 heteroatoms. The quantitative estimate of drug-likeness (QED) is 0.828. The molecule has 0 bridgehead atoms. The van der Waals surface area contributed by atoms with E-state index in [1.165, 1.54) is 12.1 Å². The van der Waals surface area contributed by atoms with Crippen molar-refractivity contribution in [3.63, 3.8) is 0 Å². The molecule has 0 aliphatic carbocycles. The van der Waals surface area contributed by atoms with Crippen molar-refractivity contribution in [2.24, 2.45) is 5.73 Å². The van der Waals surface area contributed by atoms with Gasteiger partial charge in [0.15, 0.2) is 0 Å². The Bertz CT molecular complexity index is 395. The highest BCUT2D eigenvalue weighted by atomic mass is 35.5.